The van der Waals surface area contributed by atoms with Gasteiger partial charge in [0, 0.05) is 10.6 Å². The second-order valence-corrected chi connectivity index (χ2v) is 6.19. The summed E-state index contributed by atoms with van der Waals surface area (Å²) in [6.45, 7) is 0. The third-order valence-corrected chi connectivity index (χ3v) is 4.32. The van der Waals surface area contributed by atoms with Crippen molar-refractivity contribution in [3.8, 4) is 0 Å². The van der Waals surface area contributed by atoms with Crippen LogP contribution in [0.5, 0.6) is 0 Å². The van der Waals surface area contributed by atoms with Gasteiger partial charge in [-0.1, -0.05) is 29.0 Å². The standard InChI is InChI=1S/C15H7ClF4N2OS/c16-8-3-1-2-7(6-8)13(23)22-14-21-10-5-4-9(15(18,19)20)11(17)12(10)24-14/h1-6H,(H,21,22,23). The summed E-state index contributed by atoms with van der Waals surface area (Å²) in [7, 11) is 0. The first-order valence-corrected chi connectivity index (χ1v) is 7.68. The van der Waals surface area contributed by atoms with Crippen molar-refractivity contribution in [3.05, 3.63) is 58.4 Å². The van der Waals surface area contributed by atoms with Gasteiger partial charge in [0.15, 0.2) is 10.9 Å². The number of aromatic nitrogens is 1. The molecule has 0 fully saturated rings. The molecule has 0 bridgehead atoms. The highest BCUT2D eigenvalue weighted by Gasteiger charge is 2.35. The topological polar surface area (TPSA) is 42.0 Å². The predicted octanol–water partition coefficient (Wildman–Crippen LogP) is 5.36. The normalized spacial score (nSPS) is 11.7. The summed E-state index contributed by atoms with van der Waals surface area (Å²) in [4.78, 5) is 16.0. The number of rotatable bonds is 2. The van der Waals surface area contributed by atoms with Gasteiger partial charge in [0.25, 0.3) is 5.91 Å². The molecule has 0 saturated carbocycles. The number of nitrogens with one attached hydrogen (secondary N) is 1. The number of fused-ring (bicyclic) bond motifs is 1. The van der Waals surface area contributed by atoms with Gasteiger partial charge in [-0.2, -0.15) is 13.2 Å². The van der Waals surface area contributed by atoms with E-state index >= 15 is 0 Å². The number of carbonyl (C=O) groups excluding carboxylic acids is 1. The number of thiazole rings is 1. The van der Waals surface area contributed by atoms with Gasteiger partial charge in [-0.15, -0.1) is 0 Å². The molecule has 0 unspecified atom stereocenters. The maximum atomic E-state index is 14.0. The fourth-order valence-corrected chi connectivity index (χ4v) is 3.12. The van der Waals surface area contributed by atoms with Gasteiger partial charge in [-0.3, -0.25) is 10.1 Å². The molecule has 1 heterocycles. The van der Waals surface area contributed by atoms with Crippen molar-refractivity contribution in [2.75, 3.05) is 5.32 Å². The SMILES string of the molecule is O=C(Nc1nc2ccc(C(F)(F)F)c(F)c2s1)c1cccc(Cl)c1. The average Bonchev–Trinajstić information content (AvgIpc) is 2.89. The summed E-state index contributed by atoms with van der Waals surface area (Å²) in [6.07, 6.45) is -4.80. The van der Waals surface area contributed by atoms with Crippen LogP contribution in [0.25, 0.3) is 10.2 Å². The molecule has 3 rings (SSSR count). The molecule has 2 aromatic carbocycles. The molecule has 0 radical (unpaired) electrons. The smallest absolute Gasteiger partial charge is 0.298 e. The van der Waals surface area contributed by atoms with Gasteiger partial charge in [-0.05, 0) is 30.3 Å². The lowest BCUT2D eigenvalue weighted by Gasteiger charge is -2.07. The zero-order valence-electron chi connectivity index (χ0n) is 11.6. The predicted molar refractivity (Wildman–Crippen MR) is 84.0 cm³/mol. The molecule has 3 aromatic rings. The van der Waals surface area contributed by atoms with Crippen LogP contribution in [0.15, 0.2) is 36.4 Å². The zero-order chi connectivity index (χ0) is 17.5. The van der Waals surface area contributed by atoms with E-state index < -0.39 is 23.5 Å². The summed E-state index contributed by atoms with van der Waals surface area (Å²) < 4.78 is 51.9. The number of anilines is 1. The van der Waals surface area contributed by atoms with Gasteiger partial charge in [0.1, 0.15) is 0 Å². The number of amides is 1. The number of carbonyl (C=O) groups is 1. The number of alkyl halides is 3. The van der Waals surface area contributed by atoms with Crippen molar-refractivity contribution in [3.63, 3.8) is 0 Å². The van der Waals surface area contributed by atoms with Crippen molar-refractivity contribution in [2.24, 2.45) is 0 Å². The van der Waals surface area contributed by atoms with Gasteiger partial charge >= 0.3 is 6.18 Å². The molecule has 0 aliphatic rings. The molecular weight excluding hydrogens is 368 g/mol. The lowest BCUT2D eigenvalue weighted by atomic mass is 10.2. The first kappa shape index (κ1) is 16.7. The molecular formula is C15H7ClF4N2OS. The van der Waals surface area contributed by atoms with E-state index in [1.54, 1.807) is 12.1 Å². The van der Waals surface area contributed by atoms with E-state index in [1.165, 1.54) is 12.1 Å². The van der Waals surface area contributed by atoms with Gasteiger partial charge in [0.2, 0.25) is 0 Å². The summed E-state index contributed by atoms with van der Waals surface area (Å²) in [5.41, 5.74) is -1.09. The molecule has 0 spiro atoms. The molecule has 1 amide bonds. The lowest BCUT2D eigenvalue weighted by molar-refractivity contribution is -0.139. The number of hydrogen-bond acceptors (Lipinski definition) is 3. The zero-order valence-corrected chi connectivity index (χ0v) is 13.2. The Morgan fingerprint density at radius 3 is 2.62 bits per heavy atom. The summed E-state index contributed by atoms with van der Waals surface area (Å²) in [5.74, 6) is -1.95. The number of nitrogens with zero attached hydrogens (tertiary/aromatic N) is 1. The Kier molecular flexibility index (Phi) is 4.18. The van der Waals surface area contributed by atoms with E-state index in [2.05, 4.69) is 10.3 Å². The third kappa shape index (κ3) is 3.20. The minimum absolute atomic E-state index is 0.00630. The Morgan fingerprint density at radius 2 is 1.96 bits per heavy atom. The maximum absolute atomic E-state index is 14.0. The molecule has 0 saturated heterocycles. The van der Waals surface area contributed by atoms with E-state index in [9.17, 15) is 22.4 Å². The van der Waals surface area contributed by atoms with E-state index in [1.807, 2.05) is 0 Å². The Balaban J connectivity index is 1.94. The van der Waals surface area contributed by atoms with Crippen molar-refractivity contribution in [1.82, 2.24) is 4.98 Å². The van der Waals surface area contributed by atoms with Crippen LogP contribution in [0.4, 0.5) is 22.7 Å². The van der Waals surface area contributed by atoms with Crippen LogP contribution in [0.2, 0.25) is 5.02 Å². The van der Waals surface area contributed by atoms with Gasteiger partial charge in [-0.25, -0.2) is 9.37 Å². The van der Waals surface area contributed by atoms with Crippen molar-refractivity contribution in [2.45, 2.75) is 6.18 Å². The molecule has 0 atom stereocenters. The molecule has 3 nitrogen and oxygen atoms in total. The Morgan fingerprint density at radius 1 is 1.21 bits per heavy atom. The highest BCUT2D eigenvalue weighted by atomic mass is 35.5. The van der Waals surface area contributed by atoms with Gasteiger partial charge in [0.05, 0.1) is 15.8 Å². The van der Waals surface area contributed by atoms with Crippen LogP contribution in [0.1, 0.15) is 15.9 Å². The highest BCUT2D eigenvalue weighted by Crippen LogP contribution is 2.37. The molecule has 1 aromatic heterocycles. The fraction of sp³-hybridized carbons (Fsp3) is 0.0667. The maximum Gasteiger partial charge on any atom is 0.419 e. The second-order valence-electron chi connectivity index (χ2n) is 4.76. The first-order chi connectivity index (χ1) is 11.3. The van der Waals surface area contributed by atoms with Crippen molar-refractivity contribution >= 4 is 44.2 Å². The molecule has 0 aliphatic carbocycles. The number of benzene rings is 2. The fourth-order valence-electron chi connectivity index (χ4n) is 2.03. The lowest BCUT2D eigenvalue weighted by Crippen LogP contribution is -2.11. The Hall–Kier alpha value is -2.19. The largest absolute Gasteiger partial charge is 0.419 e. The number of halogens is 5. The molecule has 124 valence electrons. The van der Waals surface area contributed by atoms with Crippen LogP contribution < -0.4 is 5.32 Å². The van der Waals surface area contributed by atoms with Crippen LogP contribution in [-0.4, -0.2) is 10.9 Å². The van der Waals surface area contributed by atoms with E-state index in [0.29, 0.717) is 22.4 Å². The number of hydrogen-bond donors (Lipinski definition) is 1. The summed E-state index contributed by atoms with van der Waals surface area (Å²) >= 11 is 6.42. The molecule has 24 heavy (non-hydrogen) atoms. The highest BCUT2D eigenvalue weighted by molar-refractivity contribution is 7.22. The van der Waals surface area contributed by atoms with Crippen molar-refractivity contribution < 1.29 is 22.4 Å². The molecule has 0 aliphatic heterocycles. The first-order valence-electron chi connectivity index (χ1n) is 6.49. The third-order valence-electron chi connectivity index (χ3n) is 3.11. The van der Waals surface area contributed by atoms with E-state index in [4.69, 9.17) is 11.6 Å². The second kappa shape index (κ2) is 6.03. The van der Waals surface area contributed by atoms with Crippen LogP contribution in [-0.2, 0) is 6.18 Å². The minimum atomic E-state index is -4.80. The minimum Gasteiger partial charge on any atom is -0.298 e. The molecule has 1 N–H and O–H groups in total. The Labute approximate surface area is 141 Å². The Bertz CT molecular complexity index is 939. The summed E-state index contributed by atoms with van der Waals surface area (Å²) in [6, 6.07) is 7.78. The average molecular weight is 375 g/mol. The summed E-state index contributed by atoms with van der Waals surface area (Å²) in [5, 5.41) is 2.77. The monoisotopic (exact) mass is 374 g/mol. The van der Waals surface area contributed by atoms with Crippen LogP contribution >= 0.6 is 22.9 Å². The van der Waals surface area contributed by atoms with E-state index in [0.717, 1.165) is 6.07 Å². The molecule has 9 heteroatoms. The van der Waals surface area contributed by atoms with Gasteiger partial charge < -0.3 is 0 Å². The quantitative estimate of drug-likeness (QED) is 0.613. The van der Waals surface area contributed by atoms with Crippen LogP contribution in [0, 0.1) is 5.82 Å². The van der Waals surface area contributed by atoms with E-state index in [-0.39, 0.29) is 20.9 Å². The van der Waals surface area contributed by atoms with Crippen molar-refractivity contribution in [1.29, 1.82) is 0 Å². The van der Waals surface area contributed by atoms with Crippen LogP contribution in [0.3, 0.4) is 0 Å².